The van der Waals surface area contributed by atoms with E-state index in [9.17, 15) is 19.8 Å². The third-order valence-corrected chi connectivity index (χ3v) is 1.89. The molecular weight excluding hydrogens is 306 g/mol. The minimum Gasteiger partial charge on any atom is -0.870 e. The van der Waals surface area contributed by atoms with Crippen molar-refractivity contribution >= 4 is 11.9 Å². The Hall–Kier alpha value is 0.773. The van der Waals surface area contributed by atoms with Gasteiger partial charge in [-0.3, -0.25) is 0 Å². The molecule has 1 aromatic carbocycles. The molecule has 0 aromatic heterocycles. The molecular formula is C11H8K2O6. The summed E-state index contributed by atoms with van der Waals surface area (Å²) in [4.78, 5) is 21.2. The van der Waals surface area contributed by atoms with Crippen LogP contribution in [0.25, 0.3) is 0 Å². The van der Waals surface area contributed by atoms with E-state index in [0.717, 1.165) is 12.1 Å². The molecule has 1 aromatic rings. The number of carboxylic acids is 2. The second-order valence-corrected chi connectivity index (χ2v) is 2.98. The molecule has 19 heavy (non-hydrogen) atoms. The maximum atomic E-state index is 11.5. The maximum absolute atomic E-state index is 11.5. The average Bonchev–Trinajstić information content (AvgIpc) is 2.26. The topological polar surface area (TPSA) is 110 Å². The first kappa shape index (κ1) is 22.1. The second-order valence-electron chi connectivity index (χ2n) is 2.98. The third-order valence-electron chi connectivity index (χ3n) is 1.89. The molecule has 0 unspecified atom stereocenters. The van der Waals surface area contributed by atoms with Crippen molar-refractivity contribution in [3.8, 4) is 11.5 Å². The van der Waals surface area contributed by atoms with Gasteiger partial charge in [-0.1, -0.05) is 17.9 Å². The molecule has 8 heteroatoms. The van der Waals surface area contributed by atoms with Crippen molar-refractivity contribution in [2.24, 2.45) is 0 Å². The second kappa shape index (κ2) is 10.5. The van der Waals surface area contributed by atoms with Crippen LogP contribution in [-0.4, -0.2) is 17.0 Å². The Balaban J connectivity index is 0. The molecule has 0 fully saturated rings. The van der Waals surface area contributed by atoms with Crippen molar-refractivity contribution in [2.75, 3.05) is 0 Å². The summed E-state index contributed by atoms with van der Waals surface area (Å²) in [6.07, 6.45) is 1.15. The normalized spacial score (nSPS) is 9.84. The maximum Gasteiger partial charge on any atom is 1.00 e. The third kappa shape index (κ3) is 6.38. The molecule has 90 valence electrons. The van der Waals surface area contributed by atoms with Crippen molar-refractivity contribution in [3.05, 3.63) is 35.6 Å². The fourth-order valence-corrected chi connectivity index (χ4v) is 1.10. The van der Waals surface area contributed by atoms with E-state index in [2.05, 4.69) is 0 Å². The van der Waals surface area contributed by atoms with Crippen LogP contribution in [0, 0.1) is 0 Å². The van der Waals surface area contributed by atoms with Crippen molar-refractivity contribution in [3.63, 3.8) is 0 Å². The van der Waals surface area contributed by atoms with E-state index in [1.165, 1.54) is 19.1 Å². The van der Waals surface area contributed by atoms with Gasteiger partial charge in [-0.25, -0.2) is 4.79 Å². The summed E-state index contributed by atoms with van der Waals surface area (Å²) in [6.45, 7) is 1.41. The Morgan fingerprint density at radius 1 is 1.32 bits per heavy atom. The average molecular weight is 314 g/mol. The molecule has 0 saturated carbocycles. The Morgan fingerprint density at radius 2 is 1.89 bits per heavy atom. The summed E-state index contributed by atoms with van der Waals surface area (Å²) in [5.41, 5.74) is -0.580. The Bertz CT molecular complexity index is 498. The minimum absolute atomic E-state index is 0. The Labute approximate surface area is 194 Å². The first-order valence-corrected chi connectivity index (χ1v) is 4.56. The molecule has 1 rings (SSSR count). The van der Waals surface area contributed by atoms with Crippen LogP contribution in [0.1, 0.15) is 17.3 Å². The van der Waals surface area contributed by atoms with Gasteiger partial charge in [0, 0.05) is 0 Å². The van der Waals surface area contributed by atoms with Crippen LogP contribution in [0.3, 0.4) is 0 Å². The van der Waals surface area contributed by atoms with Gasteiger partial charge in [0.25, 0.3) is 0 Å². The number of hydrogen-bond donors (Lipinski definition) is 1. The molecule has 0 bridgehead atoms. The van der Waals surface area contributed by atoms with Crippen LogP contribution in [-0.2, 0) is 4.79 Å². The summed E-state index contributed by atoms with van der Waals surface area (Å²) < 4.78 is 4.80. The quantitative estimate of drug-likeness (QED) is 0.336. The van der Waals surface area contributed by atoms with Crippen molar-refractivity contribution in [2.45, 2.75) is 6.92 Å². The van der Waals surface area contributed by atoms with E-state index in [1.54, 1.807) is 0 Å². The van der Waals surface area contributed by atoms with Crippen molar-refractivity contribution in [1.82, 2.24) is 0 Å². The van der Waals surface area contributed by atoms with Gasteiger partial charge in [-0.15, -0.1) is 0 Å². The number of ether oxygens (including phenoxy) is 1. The number of aliphatic carboxylic acids is 1. The zero-order valence-corrected chi connectivity index (χ0v) is 17.0. The van der Waals surface area contributed by atoms with E-state index in [1.807, 2.05) is 0 Å². The van der Waals surface area contributed by atoms with Gasteiger partial charge >= 0.3 is 109 Å². The molecule has 0 aliphatic carbocycles. The predicted octanol–water partition coefficient (Wildman–Crippen LogP) is -6.50. The number of benzene rings is 1. The fraction of sp³-hybridized carbons (Fsp3) is 0.0909. The summed E-state index contributed by atoms with van der Waals surface area (Å²) in [7, 11) is 0. The molecule has 0 radical (unpaired) electrons. The van der Waals surface area contributed by atoms with Crippen molar-refractivity contribution < 1.29 is 132 Å². The van der Waals surface area contributed by atoms with Crippen LogP contribution in [0.2, 0.25) is 0 Å². The summed E-state index contributed by atoms with van der Waals surface area (Å²) in [5, 5.41) is 30.8. The number of aromatic carboxylic acids is 1. The van der Waals surface area contributed by atoms with E-state index in [-0.39, 0.29) is 109 Å². The minimum atomic E-state index is -1.64. The monoisotopic (exact) mass is 314 g/mol. The van der Waals surface area contributed by atoms with E-state index in [0.29, 0.717) is 0 Å². The number of para-hydroxylation sites is 1. The van der Waals surface area contributed by atoms with E-state index in [4.69, 9.17) is 9.84 Å². The van der Waals surface area contributed by atoms with Gasteiger partial charge in [0.15, 0.2) is 0 Å². The number of carbonyl (C=O) groups is 2. The zero-order valence-electron chi connectivity index (χ0n) is 10.8. The van der Waals surface area contributed by atoms with Crippen LogP contribution in [0.15, 0.2) is 30.0 Å². The van der Waals surface area contributed by atoms with Gasteiger partial charge in [-0.2, -0.15) is 0 Å². The zero-order chi connectivity index (χ0) is 13.0. The van der Waals surface area contributed by atoms with Crippen LogP contribution in [0.5, 0.6) is 11.5 Å². The molecule has 0 spiro atoms. The number of rotatable bonds is 4. The number of carbonyl (C=O) groups excluding carboxylic acids is 1. The summed E-state index contributed by atoms with van der Waals surface area (Å²) >= 11 is 0. The molecule has 0 saturated heterocycles. The number of allylic oxidation sites excluding steroid dienone is 1. The number of hydrogen-bond acceptors (Lipinski definition) is 5. The molecule has 0 atom stereocenters. The van der Waals surface area contributed by atoms with E-state index >= 15 is 0 Å². The Morgan fingerprint density at radius 3 is 2.32 bits per heavy atom. The van der Waals surface area contributed by atoms with Crippen LogP contribution in [0.4, 0.5) is 0 Å². The number of carboxylic acid groups (broad SMARTS) is 2. The van der Waals surface area contributed by atoms with E-state index < -0.39 is 29.0 Å². The first-order valence-electron chi connectivity index (χ1n) is 4.56. The molecule has 6 nitrogen and oxygen atoms in total. The van der Waals surface area contributed by atoms with Gasteiger partial charge in [-0.05, 0) is 24.6 Å². The SMILES string of the molecule is C/C=C(/Oc1cccc(C(=O)[O-])c1[O-])C(=O)O.[K+].[K+]. The standard InChI is InChI=1S/C11H10O6.2K/c1-2-7(11(15)16)17-8-5-3-4-6(9(8)12)10(13)14;;/h2-5,12H,1H3,(H,13,14)(H,15,16);;/q;2*+1/p-2/b7-2+;;. The van der Waals surface area contributed by atoms with Crippen LogP contribution < -0.4 is 118 Å². The van der Waals surface area contributed by atoms with Crippen LogP contribution >= 0.6 is 0 Å². The van der Waals surface area contributed by atoms with Gasteiger partial charge < -0.3 is 24.9 Å². The molecule has 0 aliphatic rings. The first-order chi connectivity index (χ1) is 7.97. The van der Waals surface area contributed by atoms with Gasteiger partial charge in [0.05, 0.1) is 5.97 Å². The van der Waals surface area contributed by atoms with Gasteiger partial charge in [0.2, 0.25) is 5.76 Å². The fourth-order valence-electron chi connectivity index (χ4n) is 1.10. The predicted molar refractivity (Wildman–Crippen MR) is 52.2 cm³/mol. The van der Waals surface area contributed by atoms with Crippen molar-refractivity contribution in [1.29, 1.82) is 0 Å². The molecule has 0 amide bonds. The molecule has 0 heterocycles. The summed E-state index contributed by atoms with van der Waals surface area (Å²) in [5.74, 6) is -4.75. The molecule has 1 N–H and O–H groups in total. The van der Waals surface area contributed by atoms with Gasteiger partial charge in [0.1, 0.15) is 5.75 Å². The smallest absolute Gasteiger partial charge is 0.870 e. The molecule has 0 aliphatic heterocycles. The summed E-state index contributed by atoms with van der Waals surface area (Å²) in [6, 6.07) is 3.50. The largest absolute Gasteiger partial charge is 1.00 e. The Kier molecular flexibility index (Phi) is 12.2.